The average molecular weight is 388 g/mol. The second-order valence-corrected chi connectivity index (χ2v) is 6.88. The van der Waals surface area contributed by atoms with Gasteiger partial charge < -0.3 is 15.1 Å². The summed E-state index contributed by atoms with van der Waals surface area (Å²) in [6, 6.07) is 6.82. The summed E-state index contributed by atoms with van der Waals surface area (Å²) in [5.74, 6) is 0.666. The molecule has 0 unspecified atom stereocenters. The van der Waals surface area contributed by atoms with Crippen molar-refractivity contribution in [2.45, 2.75) is 19.4 Å². The maximum atomic E-state index is 12.8. The summed E-state index contributed by atoms with van der Waals surface area (Å²) in [7, 11) is 0. The van der Waals surface area contributed by atoms with Gasteiger partial charge in [0.1, 0.15) is 5.82 Å². The van der Waals surface area contributed by atoms with Crippen molar-refractivity contribution in [1.29, 1.82) is 0 Å². The third-order valence-corrected chi connectivity index (χ3v) is 4.79. The van der Waals surface area contributed by atoms with Gasteiger partial charge in [-0.1, -0.05) is 23.7 Å². The molecule has 1 fully saturated rings. The molecule has 27 heavy (non-hydrogen) atoms. The van der Waals surface area contributed by atoms with Crippen LogP contribution in [0, 0.1) is 0 Å². The normalized spacial score (nSPS) is 15.3. The predicted molar refractivity (Wildman–Crippen MR) is 103 cm³/mol. The Bertz CT molecular complexity index is 776. The summed E-state index contributed by atoms with van der Waals surface area (Å²) in [4.78, 5) is 36.7. The van der Waals surface area contributed by atoms with Crippen molar-refractivity contribution in [3.63, 3.8) is 0 Å². The number of rotatable bonds is 5. The van der Waals surface area contributed by atoms with Crippen LogP contribution in [0.2, 0.25) is 5.02 Å². The van der Waals surface area contributed by atoms with E-state index in [4.69, 9.17) is 11.6 Å². The summed E-state index contributed by atoms with van der Waals surface area (Å²) in [6.45, 7) is 4.09. The van der Waals surface area contributed by atoms with Crippen LogP contribution in [0.4, 0.5) is 5.82 Å². The Labute approximate surface area is 163 Å². The fraction of sp³-hybridized carbons (Fsp3) is 0.368. The maximum Gasteiger partial charge on any atom is 0.225 e. The molecular formula is C19H22ClN5O2. The monoisotopic (exact) mass is 387 g/mol. The van der Waals surface area contributed by atoms with Crippen molar-refractivity contribution in [3.8, 4) is 0 Å². The molecule has 2 heterocycles. The lowest BCUT2D eigenvalue weighted by Gasteiger charge is -2.36. The van der Waals surface area contributed by atoms with Crippen molar-refractivity contribution in [2.24, 2.45) is 0 Å². The van der Waals surface area contributed by atoms with Crippen molar-refractivity contribution in [2.75, 3.05) is 31.1 Å². The molecule has 1 aliphatic rings. The van der Waals surface area contributed by atoms with E-state index < -0.39 is 0 Å². The van der Waals surface area contributed by atoms with E-state index in [9.17, 15) is 9.59 Å². The van der Waals surface area contributed by atoms with Crippen LogP contribution in [0.15, 0.2) is 42.9 Å². The fourth-order valence-electron chi connectivity index (χ4n) is 3.14. The number of anilines is 1. The molecule has 7 nitrogen and oxygen atoms in total. The number of piperazine rings is 1. The van der Waals surface area contributed by atoms with Crippen LogP contribution in [-0.4, -0.2) is 52.9 Å². The van der Waals surface area contributed by atoms with Crippen LogP contribution >= 0.6 is 11.6 Å². The maximum absolute atomic E-state index is 12.8. The molecule has 1 aromatic heterocycles. The smallest absolute Gasteiger partial charge is 0.225 e. The minimum atomic E-state index is -0.370. The number of carbonyl (C=O) groups excluding carboxylic acids is 2. The summed E-state index contributed by atoms with van der Waals surface area (Å²) in [6.07, 6.45) is 5.25. The van der Waals surface area contributed by atoms with Gasteiger partial charge in [-0.25, -0.2) is 4.98 Å². The van der Waals surface area contributed by atoms with Crippen LogP contribution in [0.1, 0.15) is 24.9 Å². The van der Waals surface area contributed by atoms with Gasteiger partial charge in [0.2, 0.25) is 11.8 Å². The molecule has 1 aromatic carbocycles. The first kappa shape index (κ1) is 19.1. The van der Waals surface area contributed by atoms with Crippen LogP contribution in [0.25, 0.3) is 0 Å². The summed E-state index contributed by atoms with van der Waals surface area (Å²) in [5.41, 5.74) is 0.862. The minimum absolute atomic E-state index is 0.0162. The van der Waals surface area contributed by atoms with E-state index in [2.05, 4.69) is 20.2 Å². The molecule has 1 saturated heterocycles. The number of nitrogens with zero attached hydrogens (tertiary/aromatic N) is 4. The number of hydrogen-bond acceptors (Lipinski definition) is 5. The quantitative estimate of drug-likeness (QED) is 0.849. The van der Waals surface area contributed by atoms with Crippen LogP contribution < -0.4 is 10.2 Å². The first-order valence-corrected chi connectivity index (χ1v) is 9.22. The van der Waals surface area contributed by atoms with Gasteiger partial charge in [0.15, 0.2) is 0 Å². The van der Waals surface area contributed by atoms with Gasteiger partial charge in [-0.2, -0.15) is 0 Å². The molecule has 0 spiro atoms. The Morgan fingerprint density at radius 3 is 2.44 bits per heavy atom. The Kier molecular flexibility index (Phi) is 6.24. The number of hydrogen-bond donors (Lipinski definition) is 1. The van der Waals surface area contributed by atoms with Gasteiger partial charge in [-0.15, -0.1) is 0 Å². The van der Waals surface area contributed by atoms with E-state index in [-0.39, 0.29) is 24.3 Å². The number of nitrogens with one attached hydrogen (secondary N) is 1. The Balaban J connectivity index is 1.61. The molecule has 0 radical (unpaired) electrons. The van der Waals surface area contributed by atoms with E-state index in [0.29, 0.717) is 31.2 Å². The molecule has 1 N–H and O–H groups in total. The molecule has 0 bridgehead atoms. The molecule has 2 aromatic rings. The standard InChI is InChI=1S/C19H22ClN5O2/c1-14(26)23-17(15-2-4-16(20)5-3-15)12-19(27)25-10-8-24(9-11-25)18-13-21-6-7-22-18/h2-7,13,17H,8-12H2,1H3,(H,23,26)/t17-/m0/s1. The topological polar surface area (TPSA) is 78.4 Å². The molecule has 142 valence electrons. The minimum Gasteiger partial charge on any atom is -0.352 e. The highest BCUT2D eigenvalue weighted by Gasteiger charge is 2.25. The highest BCUT2D eigenvalue weighted by molar-refractivity contribution is 6.30. The lowest BCUT2D eigenvalue weighted by molar-refractivity contribution is -0.132. The molecule has 2 amide bonds. The third-order valence-electron chi connectivity index (χ3n) is 4.53. The summed E-state index contributed by atoms with van der Waals surface area (Å²) < 4.78 is 0. The van der Waals surface area contributed by atoms with Crippen molar-refractivity contribution in [1.82, 2.24) is 20.2 Å². The van der Waals surface area contributed by atoms with Gasteiger partial charge in [0, 0.05) is 50.5 Å². The van der Waals surface area contributed by atoms with Crippen molar-refractivity contribution >= 4 is 29.2 Å². The third kappa shape index (κ3) is 5.17. The van der Waals surface area contributed by atoms with Crippen molar-refractivity contribution < 1.29 is 9.59 Å². The lowest BCUT2D eigenvalue weighted by Crippen LogP contribution is -2.49. The van der Waals surface area contributed by atoms with E-state index in [0.717, 1.165) is 11.4 Å². The largest absolute Gasteiger partial charge is 0.352 e. The number of halogens is 1. The van der Waals surface area contributed by atoms with Gasteiger partial charge in [0.25, 0.3) is 0 Å². The molecule has 3 rings (SSSR count). The van der Waals surface area contributed by atoms with Crippen LogP contribution in [0.5, 0.6) is 0 Å². The second kappa shape index (κ2) is 8.81. The SMILES string of the molecule is CC(=O)N[C@@H](CC(=O)N1CCN(c2cnccn2)CC1)c1ccc(Cl)cc1. The number of carbonyl (C=O) groups is 2. The van der Waals surface area contributed by atoms with Gasteiger partial charge >= 0.3 is 0 Å². The highest BCUT2D eigenvalue weighted by atomic mass is 35.5. The zero-order valence-corrected chi connectivity index (χ0v) is 15.9. The molecule has 8 heteroatoms. The predicted octanol–water partition coefficient (Wildman–Crippen LogP) is 2.05. The van der Waals surface area contributed by atoms with Crippen molar-refractivity contribution in [3.05, 3.63) is 53.4 Å². The Hall–Kier alpha value is -2.67. The zero-order valence-electron chi connectivity index (χ0n) is 15.1. The van der Waals surface area contributed by atoms with E-state index in [1.807, 2.05) is 17.0 Å². The summed E-state index contributed by atoms with van der Waals surface area (Å²) in [5, 5.41) is 3.48. The molecular weight excluding hydrogens is 366 g/mol. The molecule has 0 saturated carbocycles. The number of aromatic nitrogens is 2. The first-order chi connectivity index (χ1) is 13.0. The highest BCUT2D eigenvalue weighted by Crippen LogP contribution is 2.21. The zero-order chi connectivity index (χ0) is 19.2. The lowest BCUT2D eigenvalue weighted by atomic mass is 10.0. The number of benzene rings is 1. The van der Waals surface area contributed by atoms with Gasteiger partial charge in [0.05, 0.1) is 18.7 Å². The molecule has 0 aliphatic carbocycles. The summed E-state index contributed by atoms with van der Waals surface area (Å²) >= 11 is 5.94. The molecule has 1 atom stereocenters. The first-order valence-electron chi connectivity index (χ1n) is 8.84. The average Bonchev–Trinajstić information content (AvgIpc) is 2.68. The fourth-order valence-corrected chi connectivity index (χ4v) is 3.26. The Morgan fingerprint density at radius 1 is 1.15 bits per heavy atom. The van der Waals surface area contributed by atoms with E-state index in [1.165, 1.54) is 6.92 Å². The number of amides is 2. The Morgan fingerprint density at radius 2 is 1.85 bits per heavy atom. The van der Waals surface area contributed by atoms with E-state index in [1.54, 1.807) is 30.7 Å². The van der Waals surface area contributed by atoms with Crippen LogP contribution in [0.3, 0.4) is 0 Å². The van der Waals surface area contributed by atoms with Crippen LogP contribution in [-0.2, 0) is 9.59 Å². The van der Waals surface area contributed by atoms with Gasteiger partial charge in [-0.05, 0) is 17.7 Å². The van der Waals surface area contributed by atoms with Gasteiger partial charge in [-0.3, -0.25) is 14.6 Å². The van der Waals surface area contributed by atoms with E-state index >= 15 is 0 Å². The second-order valence-electron chi connectivity index (χ2n) is 6.44. The molecule has 1 aliphatic heterocycles.